The molecule has 2 N–H and O–H groups in total. The standard InChI is InChI=1S/C15H22N2O4/c1-10(12-7-5-6-8-14(12)20-3)16-9-13(15(19)21-4)17-11(2)18/h5-8,10,13,16H,9H2,1-4H3,(H,17,18)/t10-,13?/m0/s1. The van der Waals surface area contributed by atoms with Crippen LogP contribution in [0.3, 0.4) is 0 Å². The average Bonchev–Trinajstić information content (AvgIpc) is 2.49. The zero-order chi connectivity index (χ0) is 15.8. The van der Waals surface area contributed by atoms with Crippen LogP contribution < -0.4 is 15.4 Å². The smallest absolute Gasteiger partial charge is 0.329 e. The van der Waals surface area contributed by atoms with Crippen molar-refractivity contribution in [1.82, 2.24) is 10.6 Å². The summed E-state index contributed by atoms with van der Waals surface area (Å²) in [6.07, 6.45) is 0. The third-order valence-corrected chi connectivity index (χ3v) is 3.10. The van der Waals surface area contributed by atoms with Crippen LogP contribution in [-0.2, 0) is 14.3 Å². The van der Waals surface area contributed by atoms with Crippen molar-refractivity contribution in [2.75, 3.05) is 20.8 Å². The molecule has 0 radical (unpaired) electrons. The largest absolute Gasteiger partial charge is 0.496 e. The van der Waals surface area contributed by atoms with Gasteiger partial charge in [0.05, 0.1) is 14.2 Å². The van der Waals surface area contributed by atoms with Crippen LogP contribution in [0.25, 0.3) is 0 Å². The number of carbonyl (C=O) groups is 2. The van der Waals surface area contributed by atoms with Gasteiger partial charge in [0.1, 0.15) is 11.8 Å². The van der Waals surface area contributed by atoms with Crippen molar-refractivity contribution in [2.24, 2.45) is 0 Å². The van der Waals surface area contributed by atoms with E-state index in [1.165, 1.54) is 14.0 Å². The van der Waals surface area contributed by atoms with Crippen LogP contribution in [0.15, 0.2) is 24.3 Å². The van der Waals surface area contributed by atoms with Gasteiger partial charge in [-0.25, -0.2) is 4.79 Å². The van der Waals surface area contributed by atoms with Crippen molar-refractivity contribution in [3.8, 4) is 5.75 Å². The Morgan fingerprint density at radius 3 is 2.48 bits per heavy atom. The first-order valence-corrected chi connectivity index (χ1v) is 6.70. The quantitative estimate of drug-likeness (QED) is 0.734. The number of hydrogen-bond acceptors (Lipinski definition) is 5. The molecule has 116 valence electrons. The molecule has 0 aliphatic rings. The predicted molar refractivity (Wildman–Crippen MR) is 79.0 cm³/mol. The van der Waals surface area contributed by atoms with Gasteiger partial charge in [0.25, 0.3) is 0 Å². The van der Waals surface area contributed by atoms with Crippen molar-refractivity contribution in [3.05, 3.63) is 29.8 Å². The molecular formula is C15H22N2O4. The number of rotatable bonds is 7. The summed E-state index contributed by atoms with van der Waals surface area (Å²) in [5.41, 5.74) is 0.978. The normalized spacial score (nSPS) is 13.1. The molecule has 1 amide bonds. The minimum absolute atomic E-state index is 0.0398. The van der Waals surface area contributed by atoms with E-state index >= 15 is 0 Å². The highest BCUT2D eigenvalue weighted by Gasteiger charge is 2.21. The molecule has 1 aromatic carbocycles. The average molecular weight is 294 g/mol. The molecule has 0 heterocycles. The molecule has 21 heavy (non-hydrogen) atoms. The fourth-order valence-electron chi connectivity index (χ4n) is 2.01. The number of amides is 1. The molecule has 1 unspecified atom stereocenters. The van der Waals surface area contributed by atoms with Crippen LogP contribution in [0.2, 0.25) is 0 Å². The van der Waals surface area contributed by atoms with E-state index in [-0.39, 0.29) is 18.5 Å². The van der Waals surface area contributed by atoms with E-state index in [4.69, 9.17) is 4.74 Å². The Labute approximate surface area is 124 Å². The Bertz CT molecular complexity index is 490. The molecule has 0 aliphatic heterocycles. The Balaban J connectivity index is 2.70. The van der Waals surface area contributed by atoms with Crippen molar-refractivity contribution in [3.63, 3.8) is 0 Å². The highest BCUT2D eigenvalue weighted by Crippen LogP contribution is 2.24. The minimum atomic E-state index is -0.718. The Hall–Kier alpha value is -2.08. The van der Waals surface area contributed by atoms with Crippen molar-refractivity contribution >= 4 is 11.9 Å². The lowest BCUT2D eigenvalue weighted by molar-refractivity contribution is -0.144. The van der Waals surface area contributed by atoms with Gasteiger partial charge >= 0.3 is 5.97 Å². The highest BCUT2D eigenvalue weighted by molar-refractivity contribution is 5.83. The number of para-hydroxylation sites is 1. The molecule has 1 aromatic rings. The summed E-state index contributed by atoms with van der Waals surface area (Å²) in [5, 5.41) is 5.76. The van der Waals surface area contributed by atoms with E-state index in [0.717, 1.165) is 11.3 Å². The summed E-state index contributed by atoms with van der Waals surface area (Å²) in [4.78, 5) is 22.7. The molecule has 6 nitrogen and oxygen atoms in total. The molecule has 0 fully saturated rings. The summed E-state index contributed by atoms with van der Waals surface area (Å²) in [5.74, 6) is 0.00807. The number of nitrogens with one attached hydrogen (secondary N) is 2. The number of benzene rings is 1. The first-order valence-electron chi connectivity index (χ1n) is 6.70. The van der Waals surface area contributed by atoms with Crippen molar-refractivity contribution < 1.29 is 19.1 Å². The lowest BCUT2D eigenvalue weighted by Gasteiger charge is -2.21. The molecular weight excluding hydrogens is 272 g/mol. The monoisotopic (exact) mass is 294 g/mol. The number of esters is 1. The van der Waals surface area contributed by atoms with Crippen LogP contribution >= 0.6 is 0 Å². The summed E-state index contributed by atoms with van der Waals surface area (Å²) >= 11 is 0. The van der Waals surface area contributed by atoms with Gasteiger partial charge in [-0.3, -0.25) is 4.79 Å². The molecule has 6 heteroatoms. The Kier molecular flexibility index (Phi) is 6.68. The second-order valence-electron chi connectivity index (χ2n) is 4.65. The number of hydrogen-bond donors (Lipinski definition) is 2. The summed E-state index contributed by atoms with van der Waals surface area (Å²) in [6.45, 7) is 3.59. The highest BCUT2D eigenvalue weighted by atomic mass is 16.5. The lowest BCUT2D eigenvalue weighted by atomic mass is 10.1. The van der Waals surface area contributed by atoms with E-state index in [9.17, 15) is 9.59 Å². The zero-order valence-corrected chi connectivity index (χ0v) is 12.8. The molecule has 1 rings (SSSR count). The van der Waals surface area contributed by atoms with E-state index in [0.29, 0.717) is 0 Å². The summed E-state index contributed by atoms with van der Waals surface area (Å²) in [7, 11) is 2.90. The number of carbonyl (C=O) groups excluding carboxylic acids is 2. The van der Waals surface area contributed by atoms with Crippen LogP contribution in [0, 0.1) is 0 Å². The van der Waals surface area contributed by atoms with E-state index in [1.807, 2.05) is 31.2 Å². The maximum atomic E-state index is 11.6. The summed E-state index contributed by atoms with van der Waals surface area (Å²) < 4.78 is 9.98. The maximum absolute atomic E-state index is 11.6. The van der Waals surface area contributed by atoms with Crippen molar-refractivity contribution in [2.45, 2.75) is 25.9 Å². The van der Waals surface area contributed by atoms with Crippen LogP contribution in [0.5, 0.6) is 5.75 Å². The lowest BCUT2D eigenvalue weighted by Crippen LogP contribution is -2.47. The van der Waals surface area contributed by atoms with Gasteiger partial charge in [-0.05, 0) is 13.0 Å². The number of methoxy groups -OCH3 is 2. The number of ether oxygens (including phenoxy) is 2. The molecule has 0 bridgehead atoms. The van der Waals surface area contributed by atoms with E-state index in [1.54, 1.807) is 7.11 Å². The van der Waals surface area contributed by atoms with Gasteiger partial charge in [-0.15, -0.1) is 0 Å². The zero-order valence-electron chi connectivity index (χ0n) is 12.8. The van der Waals surface area contributed by atoms with Gasteiger partial charge in [0.2, 0.25) is 5.91 Å². The van der Waals surface area contributed by atoms with Gasteiger partial charge in [-0.2, -0.15) is 0 Å². The second-order valence-corrected chi connectivity index (χ2v) is 4.65. The first kappa shape index (κ1) is 17.0. The van der Waals surface area contributed by atoms with Gasteiger partial charge in [0.15, 0.2) is 0 Å². The van der Waals surface area contributed by atoms with Crippen molar-refractivity contribution in [1.29, 1.82) is 0 Å². The third-order valence-electron chi connectivity index (χ3n) is 3.10. The second kappa shape index (κ2) is 8.26. The first-order chi connectivity index (χ1) is 9.99. The molecule has 2 atom stereocenters. The third kappa shape index (κ3) is 5.07. The predicted octanol–water partition coefficient (Wildman–Crippen LogP) is 1.02. The van der Waals surface area contributed by atoms with Gasteiger partial charge in [-0.1, -0.05) is 18.2 Å². The maximum Gasteiger partial charge on any atom is 0.329 e. The molecule has 0 aromatic heterocycles. The molecule has 0 saturated heterocycles. The van der Waals surface area contributed by atoms with Crippen LogP contribution in [0.4, 0.5) is 0 Å². The SMILES string of the molecule is COC(=O)C(CN[C@@H](C)c1ccccc1OC)NC(C)=O. The minimum Gasteiger partial charge on any atom is -0.496 e. The topological polar surface area (TPSA) is 76.7 Å². The fraction of sp³-hybridized carbons (Fsp3) is 0.467. The van der Waals surface area contributed by atoms with E-state index < -0.39 is 12.0 Å². The summed E-state index contributed by atoms with van der Waals surface area (Å²) in [6, 6.07) is 6.87. The Morgan fingerprint density at radius 1 is 1.24 bits per heavy atom. The fourth-order valence-corrected chi connectivity index (χ4v) is 2.01. The van der Waals surface area contributed by atoms with E-state index in [2.05, 4.69) is 15.4 Å². The molecule has 0 aliphatic carbocycles. The molecule has 0 saturated carbocycles. The molecule has 0 spiro atoms. The Morgan fingerprint density at radius 2 is 1.90 bits per heavy atom. The van der Waals surface area contributed by atoms with Gasteiger partial charge in [0, 0.05) is 25.1 Å². The van der Waals surface area contributed by atoms with Crippen LogP contribution in [0.1, 0.15) is 25.5 Å². The van der Waals surface area contributed by atoms with Gasteiger partial charge < -0.3 is 20.1 Å². The van der Waals surface area contributed by atoms with Crippen LogP contribution in [-0.4, -0.2) is 38.7 Å².